The van der Waals surface area contributed by atoms with Crippen LogP contribution >= 0.6 is 0 Å². The Bertz CT molecular complexity index is 706. The number of carbonyl (C=O) groups excluding carboxylic acids is 2. The molecule has 2 N–H and O–H groups in total. The maximum atomic E-state index is 12.6. The van der Waals surface area contributed by atoms with E-state index in [-0.39, 0.29) is 18.5 Å². The number of benzene rings is 1. The van der Waals surface area contributed by atoms with Crippen molar-refractivity contribution in [3.05, 3.63) is 29.8 Å². The number of ether oxygens (including phenoxy) is 1. The molecule has 2 atom stereocenters. The molecule has 2 aliphatic rings. The highest BCUT2D eigenvalue weighted by Gasteiger charge is 2.35. The third kappa shape index (κ3) is 4.50. The van der Waals surface area contributed by atoms with Crippen LogP contribution in [0.25, 0.3) is 0 Å². The van der Waals surface area contributed by atoms with Crippen LogP contribution in [0.3, 0.4) is 0 Å². The fourth-order valence-electron chi connectivity index (χ4n) is 3.58. The summed E-state index contributed by atoms with van der Waals surface area (Å²) in [6.45, 7) is 1.78. The molecule has 2 saturated heterocycles. The number of hydrogen-bond acceptors (Lipinski definition) is 4. The van der Waals surface area contributed by atoms with E-state index in [4.69, 9.17) is 9.84 Å². The molecule has 3 amide bonds. The molecule has 0 radical (unpaired) electrons. The number of carboxylic acid groups (broad SMARTS) is 1. The Balaban J connectivity index is 1.53. The number of nitrogens with zero attached hydrogens (tertiary/aromatic N) is 2. The van der Waals surface area contributed by atoms with Crippen molar-refractivity contribution in [3.63, 3.8) is 0 Å². The van der Waals surface area contributed by atoms with Crippen LogP contribution in [0.2, 0.25) is 0 Å². The second kappa shape index (κ2) is 8.28. The lowest BCUT2D eigenvalue weighted by atomic mass is 9.99. The number of nitrogens with one attached hydrogen (secondary N) is 1. The van der Waals surface area contributed by atoms with E-state index in [1.807, 2.05) is 24.3 Å². The molecular formula is C19H25N3O5. The molecule has 0 aliphatic carbocycles. The van der Waals surface area contributed by atoms with Crippen LogP contribution in [0.1, 0.15) is 24.8 Å². The highest BCUT2D eigenvalue weighted by molar-refractivity contribution is 5.88. The number of carbonyl (C=O) groups is 3. The normalized spacial score (nSPS) is 22.6. The molecule has 0 bridgehead atoms. The van der Waals surface area contributed by atoms with Gasteiger partial charge in [0.05, 0.1) is 13.0 Å². The number of likely N-dealkylation sites (tertiary alicyclic amines) is 2. The first-order chi connectivity index (χ1) is 13.0. The third-order valence-electron chi connectivity index (χ3n) is 5.19. The van der Waals surface area contributed by atoms with Crippen molar-refractivity contribution in [2.75, 3.05) is 26.7 Å². The second-order valence-corrected chi connectivity index (χ2v) is 7.02. The molecule has 0 spiro atoms. The Morgan fingerprint density at radius 3 is 2.63 bits per heavy atom. The largest absolute Gasteiger partial charge is 0.497 e. The van der Waals surface area contributed by atoms with E-state index in [0.717, 1.165) is 11.3 Å². The lowest BCUT2D eigenvalue weighted by molar-refractivity contribution is -0.143. The van der Waals surface area contributed by atoms with Crippen molar-refractivity contribution in [1.29, 1.82) is 0 Å². The van der Waals surface area contributed by atoms with Gasteiger partial charge in [0.1, 0.15) is 11.8 Å². The lowest BCUT2D eigenvalue weighted by Crippen LogP contribution is -2.51. The maximum Gasteiger partial charge on any atom is 0.318 e. The summed E-state index contributed by atoms with van der Waals surface area (Å²) in [7, 11) is 1.60. The number of rotatable bonds is 5. The quantitative estimate of drug-likeness (QED) is 0.808. The minimum absolute atomic E-state index is 0.106. The van der Waals surface area contributed by atoms with Crippen LogP contribution in [0.15, 0.2) is 24.3 Å². The number of urea groups is 1. The van der Waals surface area contributed by atoms with Gasteiger partial charge in [-0.05, 0) is 37.0 Å². The molecule has 0 aromatic heterocycles. The van der Waals surface area contributed by atoms with Crippen LogP contribution in [0, 0.1) is 5.92 Å². The Morgan fingerprint density at radius 1 is 1.22 bits per heavy atom. The zero-order chi connectivity index (χ0) is 19.4. The molecule has 8 heteroatoms. The lowest BCUT2D eigenvalue weighted by Gasteiger charge is -2.31. The molecule has 2 heterocycles. The molecule has 0 saturated carbocycles. The Morgan fingerprint density at radius 2 is 1.96 bits per heavy atom. The fraction of sp³-hybridized carbons (Fsp3) is 0.526. The third-order valence-corrected chi connectivity index (χ3v) is 5.19. The van der Waals surface area contributed by atoms with Gasteiger partial charge in [-0.25, -0.2) is 4.79 Å². The van der Waals surface area contributed by atoms with Gasteiger partial charge in [-0.3, -0.25) is 9.59 Å². The molecular weight excluding hydrogens is 350 g/mol. The van der Waals surface area contributed by atoms with Gasteiger partial charge in [-0.15, -0.1) is 0 Å². The number of methoxy groups -OCH3 is 1. The first kappa shape index (κ1) is 19.0. The van der Waals surface area contributed by atoms with E-state index in [0.29, 0.717) is 38.9 Å². The molecule has 3 rings (SSSR count). The average Bonchev–Trinajstić information content (AvgIpc) is 3.02. The van der Waals surface area contributed by atoms with Crippen LogP contribution in [-0.4, -0.2) is 65.6 Å². The van der Waals surface area contributed by atoms with Gasteiger partial charge in [0.15, 0.2) is 0 Å². The molecule has 27 heavy (non-hydrogen) atoms. The van der Waals surface area contributed by atoms with Gasteiger partial charge in [-0.2, -0.15) is 0 Å². The minimum atomic E-state index is -0.880. The molecule has 146 valence electrons. The Kier molecular flexibility index (Phi) is 5.83. The Hall–Kier alpha value is -2.77. The molecule has 2 unspecified atom stereocenters. The summed E-state index contributed by atoms with van der Waals surface area (Å²) in [5.74, 6) is -0.755. The summed E-state index contributed by atoms with van der Waals surface area (Å²) in [5, 5.41) is 11.9. The van der Waals surface area contributed by atoms with Gasteiger partial charge in [0, 0.05) is 26.2 Å². The number of piperidine rings is 1. The van der Waals surface area contributed by atoms with Gasteiger partial charge in [0.2, 0.25) is 5.91 Å². The molecule has 2 fully saturated rings. The van der Waals surface area contributed by atoms with Crippen molar-refractivity contribution in [2.24, 2.45) is 5.92 Å². The van der Waals surface area contributed by atoms with Crippen molar-refractivity contribution in [1.82, 2.24) is 15.1 Å². The van der Waals surface area contributed by atoms with Crippen LogP contribution in [0.5, 0.6) is 5.75 Å². The van der Waals surface area contributed by atoms with Crippen LogP contribution in [-0.2, 0) is 16.1 Å². The molecule has 8 nitrogen and oxygen atoms in total. The predicted molar refractivity (Wildman–Crippen MR) is 97.3 cm³/mol. The van der Waals surface area contributed by atoms with Crippen molar-refractivity contribution >= 4 is 17.9 Å². The first-order valence-corrected chi connectivity index (χ1v) is 9.18. The van der Waals surface area contributed by atoms with Crippen molar-refractivity contribution in [3.8, 4) is 5.75 Å². The number of amides is 3. The predicted octanol–water partition coefficient (Wildman–Crippen LogP) is 1.30. The van der Waals surface area contributed by atoms with E-state index in [2.05, 4.69) is 5.32 Å². The summed E-state index contributed by atoms with van der Waals surface area (Å²) in [4.78, 5) is 39.4. The van der Waals surface area contributed by atoms with Gasteiger partial charge in [0.25, 0.3) is 0 Å². The molecule has 1 aromatic rings. The zero-order valence-electron chi connectivity index (χ0n) is 15.4. The summed E-state index contributed by atoms with van der Waals surface area (Å²) < 4.78 is 5.13. The monoisotopic (exact) mass is 375 g/mol. The molecule has 1 aromatic carbocycles. The highest BCUT2D eigenvalue weighted by Crippen LogP contribution is 2.20. The van der Waals surface area contributed by atoms with E-state index in [1.165, 1.54) is 4.90 Å². The average molecular weight is 375 g/mol. The molecule has 2 aliphatic heterocycles. The van der Waals surface area contributed by atoms with Crippen molar-refractivity contribution in [2.45, 2.75) is 31.8 Å². The minimum Gasteiger partial charge on any atom is -0.497 e. The van der Waals surface area contributed by atoms with E-state index in [1.54, 1.807) is 12.0 Å². The van der Waals surface area contributed by atoms with Crippen LogP contribution < -0.4 is 10.1 Å². The first-order valence-electron chi connectivity index (χ1n) is 9.18. The number of hydrogen-bond donors (Lipinski definition) is 2. The Labute approximate surface area is 158 Å². The van der Waals surface area contributed by atoms with Crippen molar-refractivity contribution < 1.29 is 24.2 Å². The smallest absolute Gasteiger partial charge is 0.318 e. The van der Waals surface area contributed by atoms with Gasteiger partial charge < -0.3 is 25.0 Å². The summed E-state index contributed by atoms with van der Waals surface area (Å²) in [5.41, 5.74) is 0.997. The van der Waals surface area contributed by atoms with Crippen LogP contribution in [0.4, 0.5) is 4.79 Å². The fourth-order valence-corrected chi connectivity index (χ4v) is 3.58. The topological polar surface area (TPSA) is 99.2 Å². The second-order valence-electron chi connectivity index (χ2n) is 7.02. The standard InChI is InChI=1S/C19H25N3O5/c1-27-15-6-4-13(5-7-15)11-21-10-8-16(17(21)23)20-19(26)22-9-2-3-14(12-22)18(24)25/h4-7,14,16H,2-3,8-12H2,1H3,(H,20,26)(H,24,25). The van der Waals surface area contributed by atoms with E-state index < -0.39 is 17.9 Å². The maximum absolute atomic E-state index is 12.6. The van der Waals surface area contributed by atoms with E-state index >= 15 is 0 Å². The summed E-state index contributed by atoms with van der Waals surface area (Å²) >= 11 is 0. The SMILES string of the molecule is COc1ccc(CN2CCC(NC(=O)N3CCCC(C(=O)O)C3)C2=O)cc1. The zero-order valence-corrected chi connectivity index (χ0v) is 15.4. The highest BCUT2D eigenvalue weighted by atomic mass is 16.5. The number of aliphatic carboxylic acids is 1. The van der Waals surface area contributed by atoms with Gasteiger partial charge >= 0.3 is 12.0 Å². The number of carboxylic acids is 1. The van der Waals surface area contributed by atoms with Gasteiger partial charge in [-0.1, -0.05) is 12.1 Å². The van der Waals surface area contributed by atoms with E-state index in [9.17, 15) is 14.4 Å². The summed E-state index contributed by atoms with van der Waals surface area (Å²) in [6, 6.07) is 6.62. The summed E-state index contributed by atoms with van der Waals surface area (Å²) in [6.07, 6.45) is 1.79.